The Morgan fingerprint density at radius 3 is 2.56 bits per heavy atom. The van der Waals surface area contributed by atoms with Crippen LogP contribution >= 0.6 is 11.6 Å². The molecule has 0 amide bonds. The summed E-state index contributed by atoms with van der Waals surface area (Å²) in [5.41, 5.74) is 0. The number of hydrogen-bond acceptors (Lipinski definition) is 2. The second kappa shape index (κ2) is 4.79. The van der Waals surface area contributed by atoms with Crippen molar-refractivity contribution in [2.24, 2.45) is 5.92 Å². The Kier molecular flexibility index (Phi) is 3.67. The summed E-state index contributed by atoms with van der Waals surface area (Å²) >= 11 is 5.62. The molecule has 0 heterocycles. The van der Waals surface area contributed by atoms with Crippen molar-refractivity contribution >= 4 is 21.6 Å². The molecule has 2 rings (SSSR count). The Labute approximate surface area is 112 Å². The summed E-state index contributed by atoms with van der Waals surface area (Å²) in [4.78, 5) is -0.318. The molecule has 0 saturated heterocycles. The monoisotopic (exact) mass is 291 g/mol. The van der Waals surface area contributed by atoms with Crippen LogP contribution in [-0.4, -0.2) is 25.8 Å². The van der Waals surface area contributed by atoms with Crippen LogP contribution in [0.1, 0.15) is 19.8 Å². The second-order valence-corrected chi connectivity index (χ2v) is 7.08. The highest BCUT2D eigenvalue weighted by Gasteiger charge is 2.36. The van der Waals surface area contributed by atoms with Gasteiger partial charge in [-0.3, -0.25) is 0 Å². The molecule has 3 nitrogen and oxygen atoms in total. The van der Waals surface area contributed by atoms with Crippen LogP contribution in [-0.2, 0) is 10.0 Å². The van der Waals surface area contributed by atoms with Crippen LogP contribution in [0.3, 0.4) is 0 Å². The normalized spacial score (nSPS) is 18.1. The van der Waals surface area contributed by atoms with Crippen LogP contribution in [0.2, 0.25) is 5.02 Å². The lowest BCUT2D eigenvalue weighted by atomic mass is 10.2. The van der Waals surface area contributed by atoms with Crippen molar-refractivity contribution in [3.63, 3.8) is 0 Å². The molecule has 1 aliphatic carbocycles. The van der Waals surface area contributed by atoms with E-state index in [-0.39, 0.29) is 16.0 Å². The summed E-state index contributed by atoms with van der Waals surface area (Å²) in [7, 11) is -2.30. The van der Waals surface area contributed by atoms with Gasteiger partial charge in [-0.1, -0.05) is 11.6 Å². The molecule has 0 aliphatic heterocycles. The molecular formula is C12H15ClFNO2S. The fraction of sp³-hybridized carbons (Fsp3) is 0.500. The summed E-state index contributed by atoms with van der Waals surface area (Å²) in [6, 6.07) is 3.51. The Morgan fingerprint density at radius 2 is 2.06 bits per heavy atom. The van der Waals surface area contributed by atoms with Gasteiger partial charge in [0.15, 0.2) is 0 Å². The Morgan fingerprint density at radius 1 is 1.44 bits per heavy atom. The first-order chi connectivity index (χ1) is 8.34. The SMILES string of the molecule is CC(C1CC1)N(C)S(=O)(=O)c1ccc(Cl)cc1F. The summed E-state index contributed by atoms with van der Waals surface area (Å²) in [6.07, 6.45) is 2.06. The van der Waals surface area contributed by atoms with Crippen molar-refractivity contribution in [2.75, 3.05) is 7.05 Å². The smallest absolute Gasteiger partial charge is 0.207 e. The number of sulfonamides is 1. The standard InChI is InChI=1S/C12H15ClFNO2S/c1-8(9-3-4-9)15(2)18(16,17)12-6-5-10(13)7-11(12)14/h5-9H,3-4H2,1-2H3. The van der Waals surface area contributed by atoms with Gasteiger partial charge >= 0.3 is 0 Å². The first-order valence-corrected chi connectivity index (χ1v) is 7.59. The molecule has 1 saturated carbocycles. The third kappa shape index (κ3) is 2.53. The average Bonchev–Trinajstić information content (AvgIpc) is 3.10. The highest BCUT2D eigenvalue weighted by atomic mass is 35.5. The van der Waals surface area contributed by atoms with Crippen molar-refractivity contribution in [2.45, 2.75) is 30.7 Å². The molecule has 0 spiro atoms. The number of halogens is 2. The number of nitrogens with zero attached hydrogens (tertiary/aromatic N) is 1. The van der Waals surface area contributed by atoms with E-state index in [1.54, 1.807) is 0 Å². The third-order valence-corrected chi connectivity index (χ3v) is 5.64. The minimum absolute atomic E-state index is 0.106. The fourth-order valence-corrected chi connectivity index (χ4v) is 3.56. The molecule has 0 N–H and O–H groups in total. The lowest BCUT2D eigenvalue weighted by Gasteiger charge is -2.24. The lowest BCUT2D eigenvalue weighted by molar-refractivity contribution is 0.355. The first-order valence-electron chi connectivity index (χ1n) is 5.77. The molecule has 1 aliphatic rings. The molecule has 18 heavy (non-hydrogen) atoms. The van der Waals surface area contributed by atoms with Gasteiger partial charge in [-0.2, -0.15) is 4.31 Å². The van der Waals surface area contributed by atoms with Crippen LogP contribution in [0.4, 0.5) is 4.39 Å². The van der Waals surface area contributed by atoms with Gasteiger partial charge in [0.2, 0.25) is 10.0 Å². The zero-order chi connectivity index (χ0) is 13.5. The highest BCUT2D eigenvalue weighted by Crippen LogP contribution is 2.36. The molecule has 1 aromatic carbocycles. The van der Waals surface area contributed by atoms with Gasteiger partial charge in [0, 0.05) is 18.1 Å². The van der Waals surface area contributed by atoms with Gasteiger partial charge in [-0.15, -0.1) is 0 Å². The molecule has 1 fully saturated rings. The van der Waals surface area contributed by atoms with Gasteiger partial charge in [0.25, 0.3) is 0 Å². The lowest BCUT2D eigenvalue weighted by Crippen LogP contribution is -2.36. The van der Waals surface area contributed by atoms with Gasteiger partial charge < -0.3 is 0 Å². The van der Waals surface area contributed by atoms with Gasteiger partial charge in [-0.05, 0) is 43.9 Å². The first kappa shape index (κ1) is 13.8. The molecule has 1 unspecified atom stereocenters. The zero-order valence-electron chi connectivity index (χ0n) is 10.2. The van der Waals surface area contributed by atoms with Crippen molar-refractivity contribution in [3.05, 3.63) is 29.0 Å². The van der Waals surface area contributed by atoms with E-state index in [1.165, 1.54) is 23.5 Å². The summed E-state index contributed by atoms with van der Waals surface area (Å²) < 4.78 is 39.5. The van der Waals surface area contributed by atoms with Crippen molar-refractivity contribution in [1.82, 2.24) is 4.31 Å². The quantitative estimate of drug-likeness (QED) is 0.855. The minimum atomic E-state index is -3.79. The maximum atomic E-state index is 13.7. The molecule has 6 heteroatoms. The Bertz CT molecular complexity index is 557. The molecule has 1 atom stereocenters. The topological polar surface area (TPSA) is 37.4 Å². The average molecular weight is 292 g/mol. The third-order valence-electron chi connectivity index (χ3n) is 3.43. The van der Waals surface area contributed by atoms with E-state index in [0.717, 1.165) is 18.9 Å². The fourth-order valence-electron chi connectivity index (χ4n) is 1.93. The molecular weight excluding hydrogens is 277 g/mol. The van der Waals surface area contributed by atoms with E-state index in [4.69, 9.17) is 11.6 Å². The maximum Gasteiger partial charge on any atom is 0.245 e. The van der Waals surface area contributed by atoms with Crippen LogP contribution in [0.25, 0.3) is 0 Å². The van der Waals surface area contributed by atoms with Crippen LogP contribution in [0.15, 0.2) is 23.1 Å². The molecule has 100 valence electrons. The highest BCUT2D eigenvalue weighted by molar-refractivity contribution is 7.89. The van der Waals surface area contributed by atoms with E-state index in [0.29, 0.717) is 5.92 Å². The minimum Gasteiger partial charge on any atom is -0.207 e. The predicted molar refractivity (Wildman–Crippen MR) is 68.5 cm³/mol. The predicted octanol–water partition coefficient (Wildman–Crippen LogP) is 2.90. The van der Waals surface area contributed by atoms with Crippen LogP contribution in [0.5, 0.6) is 0 Å². The summed E-state index contributed by atoms with van der Waals surface area (Å²) in [6.45, 7) is 1.85. The van der Waals surface area contributed by atoms with E-state index in [1.807, 2.05) is 6.92 Å². The molecule has 0 bridgehead atoms. The van der Waals surface area contributed by atoms with Gasteiger partial charge in [0.05, 0.1) is 0 Å². The molecule has 0 aromatic heterocycles. The van der Waals surface area contributed by atoms with Gasteiger partial charge in [-0.25, -0.2) is 12.8 Å². The summed E-state index contributed by atoms with van der Waals surface area (Å²) in [5.74, 6) is -0.419. The van der Waals surface area contributed by atoms with Crippen LogP contribution in [0, 0.1) is 11.7 Å². The maximum absolute atomic E-state index is 13.7. The number of hydrogen-bond donors (Lipinski definition) is 0. The largest absolute Gasteiger partial charge is 0.245 e. The van der Waals surface area contributed by atoms with E-state index in [2.05, 4.69) is 0 Å². The Hall–Kier alpha value is -0.650. The van der Waals surface area contributed by atoms with Crippen LogP contribution < -0.4 is 0 Å². The second-order valence-electron chi connectivity index (χ2n) is 4.67. The zero-order valence-corrected chi connectivity index (χ0v) is 11.8. The van der Waals surface area contributed by atoms with E-state index < -0.39 is 15.8 Å². The van der Waals surface area contributed by atoms with Gasteiger partial charge in [0.1, 0.15) is 10.7 Å². The van der Waals surface area contributed by atoms with E-state index >= 15 is 0 Å². The van der Waals surface area contributed by atoms with Crippen molar-refractivity contribution in [3.8, 4) is 0 Å². The van der Waals surface area contributed by atoms with E-state index in [9.17, 15) is 12.8 Å². The van der Waals surface area contributed by atoms with Crippen molar-refractivity contribution in [1.29, 1.82) is 0 Å². The number of benzene rings is 1. The Balaban J connectivity index is 2.34. The molecule has 0 radical (unpaired) electrons. The van der Waals surface area contributed by atoms with Crippen molar-refractivity contribution < 1.29 is 12.8 Å². The number of rotatable bonds is 4. The molecule has 1 aromatic rings. The summed E-state index contributed by atoms with van der Waals surface area (Å²) in [5, 5.41) is 0.185.